The summed E-state index contributed by atoms with van der Waals surface area (Å²) in [6.45, 7) is 1.50. The largest absolute Gasteiger partial charge is 3.00 e. The molecule has 0 heterocycles. The van der Waals surface area contributed by atoms with Gasteiger partial charge in [0.2, 0.25) is 0 Å². The molecule has 0 spiro atoms. The average Bonchev–Trinajstić information content (AvgIpc) is 1.70. The molecule has 0 fully saturated rings. The molecule has 0 bridgehead atoms. The summed E-state index contributed by atoms with van der Waals surface area (Å²) in [7, 11) is 0. The Morgan fingerprint density at radius 1 is 0.700 bits per heavy atom. The van der Waals surface area contributed by atoms with Crippen LogP contribution in [-0.4, -0.2) is 34.7 Å². The molecule has 7 heteroatoms. The van der Waals surface area contributed by atoms with E-state index in [1.54, 1.807) is 0 Å². The summed E-state index contributed by atoms with van der Waals surface area (Å²) < 4.78 is 0. The predicted octanol–water partition coefficient (Wildman–Crippen LogP) is -1.17. The molecule has 10 heavy (non-hydrogen) atoms. The topological polar surface area (TPSA) is 112 Å². The third kappa shape index (κ3) is 7880. The number of hydrogen-bond acceptors (Lipinski definition) is 3. The zero-order valence-electron chi connectivity index (χ0n) is 4.57. The molecule has 0 aliphatic heterocycles. The van der Waals surface area contributed by atoms with E-state index in [0.29, 0.717) is 19.4 Å². The molecule has 0 saturated heterocycles. The summed E-state index contributed by atoms with van der Waals surface area (Å²) in [5.41, 5.74) is 0. The molecule has 0 amide bonds. The van der Waals surface area contributed by atoms with Gasteiger partial charge in [0, 0.05) is 0 Å². The van der Waals surface area contributed by atoms with Gasteiger partial charge in [0.15, 0.2) is 0 Å². The van der Waals surface area contributed by atoms with Crippen LogP contribution in [0.25, 0.3) is 0 Å². The molecule has 55 valence electrons. The Hall–Kier alpha value is -0.213. The molecule has 0 saturated carbocycles. The van der Waals surface area contributed by atoms with Crippen LogP contribution in [-0.2, 0) is 14.4 Å². The summed E-state index contributed by atoms with van der Waals surface area (Å²) in [5, 5.41) is 20.3. The van der Waals surface area contributed by atoms with Crippen molar-refractivity contribution in [1.82, 2.24) is 0 Å². The molecular formula is C3H3CeO6. The van der Waals surface area contributed by atoms with E-state index in [9.17, 15) is 0 Å². The summed E-state index contributed by atoms with van der Waals surface area (Å²) >= 11 is 0. The van der Waals surface area contributed by atoms with Crippen LogP contribution in [0.5, 0.6) is 0 Å². The van der Waals surface area contributed by atoms with E-state index < -0.39 is 0 Å². The second-order valence-corrected chi connectivity index (χ2v) is 0.274. The van der Waals surface area contributed by atoms with Crippen molar-refractivity contribution in [2.45, 2.75) is 0 Å². The van der Waals surface area contributed by atoms with Crippen molar-refractivity contribution in [3.63, 3.8) is 0 Å². The van der Waals surface area contributed by atoms with Gasteiger partial charge >= 0.3 is 41.7 Å². The van der Waals surface area contributed by atoms with Gasteiger partial charge in [-0.3, -0.25) is 0 Å². The second kappa shape index (κ2) is 68.6. The molecular weight excluding hydrogens is 272 g/mol. The molecule has 1 radical (unpaired) electrons. The van der Waals surface area contributed by atoms with Gasteiger partial charge in [0.05, 0.1) is 0 Å². The van der Waals surface area contributed by atoms with Gasteiger partial charge in [-0.25, -0.2) is 0 Å². The van der Waals surface area contributed by atoms with Gasteiger partial charge in [-0.2, -0.15) is 0 Å². The first-order valence-electron chi connectivity index (χ1n) is 1.28. The SMILES string of the molecule is O=[C-]O.O=[C-]O.O=[C-]O.[Ce+3]. The van der Waals surface area contributed by atoms with E-state index in [1.165, 1.54) is 0 Å². The van der Waals surface area contributed by atoms with E-state index in [1.807, 2.05) is 0 Å². The molecule has 6 nitrogen and oxygen atoms in total. The van der Waals surface area contributed by atoms with Crippen molar-refractivity contribution in [3.8, 4) is 0 Å². The molecule has 0 aliphatic rings. The third-order valence-corrected chi connectivity index (χ3v) is 0. The maximum atomic E-state index is 8.24. The van der Waals surface area contributed by atoms with Crippen molar-refractivity contribution >= 4 is 19.4 Å². The van der Waals surface area contributed by atoms with Gasteiger partial charge in [-0.15, -0.1) is 0 Å². The fourth-order valence-corrected chi connectivity index (χ4v) is 0. The second-order valence-electron chi connectivity index (χ2n) is 0.274. The van der Waals surface area contributed by atoms with Gasteiger partial charge in [-0.05, 0) is 0 Å². The summed E-state index contributed by atoms with van der Waals surface area (Å²) in [5.74, 6) is 0. The first kappa shape index (κ1) is 22.6. The molecule has 0 aromatic carbocycles. The summed E-state index contributed by atoms with van der Waals surface area (Å²) in [6.07, 6.45) is 0. The van der Waals surface area contributed by atoms with E-state index in [2.05, 4.69) is 0 Å². The Bertz CT molecular complexity index is 49.7. The van der Waals surface area contributed by atoms with E-state index in [0.717, 1.165) is 0 Å². The smallest absolute Gasteiger partial charge is 0.665 e. The molecule has 0 aliphatic carbocycles. The zero-order chi connectivity index (χ0) is 8.12. The Balaban J connectivity index is -0.0000000257. The molecule has 0 atom stereocenters. The van der Waals surface area contributed by atoms with Gasteiger partial charge < -0.3 is 29.7 Å². The van der Waals surface area contributed by atoms with Crippen LogP contribution in [0.15, 0.2) is 0 Å². The maximum Gasteiger partial charge on any atom is 3.00 e. The van der Waals surface area contributed by atoms with Crippen LogP contribution >= 0.6 is 0 Å². The fourth-order valence-electron chi connectivity index (χ4n) is 0. The van der Waals surface area contributed by atoms with Crippen LogP contribution in [0.3, 0.4) is 0 Å². The standard InChI is InChI=1S/3CHO2.Ce/c3*2-1-3;/h3*(H,2,3);/q3*-1;+3. The van der Waals surface area contributed by atoms with Gasteiger partial charge in [-0.1, -0.05) is 19.4 Å². The Kier molecular flexibility index (Phi) is 155. The monoisotopic (exact) mass is 275 g/mol. The zero-order valence-corrected chi connectivity index (χ0v) is 7.71. The van der Waals surface area contributed by atoms with E-state index in [4.69, 9.17) is 29.7 Å². The normalized spacial score (nSPS) is 3.60. The van der Waals surface area contributed by atoms with Crippen molar-refractivity contribution in [3.05, 3.63) is 0 Å². The van der Waals surface area contributed by atoms with Crippen LogP contribution in [0.2, 0.25) is 0 Å². The molecule has 0 aromatic rings. The van der Waals surface area contributed by atoms with Crippen molar-refractivity contribution < 1.29 is 71.5 Å². The minimum Gasteiger partial charge on any atom is -0.665 e. The van der Waals surface area contributed by atoms with Gasteiger partial charge in [0.25, 0.3) is 0 Å². The van der Waals surface area contributed by atoms with Crippen molar-refractivity contribution in [2.24, 2.45) is 0 Å². The Morgan fingerprint density at radius 3 is 0.700 bits per heavy atom. The number of rotatable bonds is 0. The van der Waals surface area contributed by atoms with Crippen LogP contribution < -0.4 is 0 Å². The predicted molar refractivity (Wildman–Crippen MR) is 25.0 cm³/mol. The molecule has 3 N–H and O–H groups in total. The summed E-state index contributed by atoms with van der Waals surface area (Å²) in [4.78, 5) is 24.7. The van der Waals surface area contributed by atoms with Crippen LogP contribution in [0, 0.1) is 41.7 Å². The summed E-state index contributed by atoms with van der Waals surface area (Å²) in [6, 6.07) is 0. The van der Waals surface area contributed by atoms with Gasteiger partial charge in [0.1, 0.15) is 0 Å². The van der Waals surface area contributed by atoms with E-state index in [-0.39, 0.29) is 41.7 Å². The Morgan fingerprint density at radius 2 is 0.700 bits per heavy atom. The molecule has 0 rings (SSSR count). The quantitative estimate of drug-likeness (QED) is 0.480. The maximum absolute atomic E-state index is 8.24. The molecule has 0 unspecified atom stereocenters. The van der Waals surface area contributed by atoms with Crippen LogP contribution in [0.1, 0.15) is 0 Å². The number of aliphatic hydroxyl groups excluding tert-OH is 3. The minimum atomic E-state index is 0. The molecule has 0 aromatic heterocycles. The fraction of sp³-hybridized carbons (Fsp3) is 0. The number of hydrogen-bond donors (Lipinski definition) is 3. The van der Waals surface area contributed by atoms with Crippen LogP contribution in [0.4, 0.5) is 0 Å². The third-order valence-electron chi connectivity index (χ3n) is 0. The first-order chi connectivity index (χ1) is 4.24. The Labute approximate surface area is 90.2 Å². The van der Waals surface area contributed by atoms with E-state index >= 15 is 0 Å². The average molecular weight is 275 g/mol. The van der Waals surface area contributed by atoms with Crippen molar-refractivity contribution in [1.29, 1.82) is 0 Å². The van der Waals surface area contributed by atoms with Crippen molar-refractivity contribution in [2.75, 3.05) is 0 Å². The first-order valence-corrected chi connectivity index (χ1v) is 1.28. The minimum absolute atomic E-state index is 0.